The lowest BCUT2D eigenvalue weighted by atomic mass is 9.96. The molecule has 0 atom stereocenters. The van der Waals surface area contributed by atoms with Gasteiger partial charge in [-0.2, -0.15) is 0 Å². The average Bonchev–Trinajstić information content (AvgIpc) is 3.32. The fraction of sp³-hybridized carbons (Fsp3) is 0.471. The summed E-state index contributed by atoms with van der Waals surface area (Å²) in [7, 11) is 0. The van der Waals surface area contributed by atoms with Gasteiger partial charge >= 0.3 is 11.8 Å². The number of aromatic nitrogens is 2. The van der Waals surface area contributed by atoms with E-state index in [4.69, 9.17) is 9.15 Å². The number of carbonyl (C=O) groups is 2. The van der Waals surface area contributed by atoms with E-state index in [1.54, 1.807) is 17.9 Å². The number of hydrogen-bond acceptors (Lipinski definition) is 7. The Bertz CT molecular complexity index is 821. The minimum absolute atomic E-state index is 0.0328. The maximum Gasteiger partial charge on any atom is 0.342 e. The molecule has 0 aromatic carbocycles. The molecule has 2 aromatic heterocycles. The zero-order valence-corrected chi connectivity index (χ0v) is 14.9. The van der Waals surface area contributed by atoms with Crippen molar-refractivity contribution in [1.82, 2.24) is 14.5 Å². The number of rotatable bonds is 6. The third kappa shape index (κ3) is 4.15. The van der Waals surface area contributed by atoms with E-state index in [2.05, 4.69) is 4.98 Å². The Morgan fingerprint density at radius 2 is 2.15 bits per heavy atom. The highest BCUT2D eigenvalue weighted by Crippen LogP contribution is 2.21. The molecule has 0 unspecified atom stereocenters. The number of nitrogens with zero attached hydrogens (tertiary/aromatic N) is 4. The molecule has 1 aliphatic rings. The van der Waals surface area contributed by atoms with Gasteiger partial charge in [-0.1, -0.05) is 0 Å². The molecular weight excluding hydrogens is 356 g/mol. The lowest BCUT2D eigenvalue weighted by Gasteiger charge is -2.30. The van der Waals surface area contributed by atoms with Crippen LogP contribution in [0.5, 0.6) is 0 Å². The summed E-state index contributed by atoms with van der Waals surface area (Å²) in [6, 6.07) is 1.61. The van der Waals surface area contributed by atoms with Crippen LogP contribution >= 0.6 is 0 Å². The second kappa shape index (κ2) is 8.02. The number of esters is 1. The Hall–Kier alpha value is -3.17. The van der Waals surface area contributed by atoms with Crippen LogP contribution in [-0.4, -0.2) is 50.9 Å². The largest absolute Gasteiger partial charge is 0.472 e. The fourth-order valence-corrected chi connectivity index (χ4v) is 3.12. The first-order valence-electron chi connectivity index (χ1n) is 8.62. The number of likely N-dealkylation sites (tertiary alicyclic amines) is 1. The van der Waals surface area contributed by atoms with Gasteiger partial charge in [0, 0.05) is 20.0 Å². The van der Waals surface area contributed by atoms with Gasteiger partial charge in [0.05, 0.1) is 17.7 Å². The summed E-state index contributed by atoms with van der Waals surface area (Å²) in [5.74, 6) is -0.375. The van der Waals surface area contributed by atoms with Gasteiger partial charge in [0.1, 0.15) is 25.6 Å². The van der Waals surface area contributed by atoms with E-state index in [1.807, 2.05) is 0 Å². The third-order valence-corrected chi connectivity index (χ3v) is 4.66. The highest BCUT2D eigenvalue weighted by molar-refractivity contribution is 5.94. The van der Waals surface area contributed by atoms with Crippen molar-refractivity contribution in [2.45, 2.75) is 26.3 Å². The second-order valence-corrected chi connectivity index (χ2v) is 6.32. The molecule has 0 bridgehead atoms. The molecule has 0 N–H and O–H groups in total. The molecule has 27 heavy (non-hydrogen) atoms. The van der Waals surface area contributed by atoms with Crippen LogP contribution in [0, 0.1) is 23.0 Å². The van der Waals surface area contributed by atoms with Crippen LogP contribution in [0.2, 0.25) is 0 Å². The lowest BCUT2D eigenvalue weighted by Crippen LogP contribution is -2.40. The Labute approximate surface area is 154 Å². The number of ether oxygens (including phenoxy) is 1. The second-order valence-electron chi connectivity index (χ2n) is 6.32. The van der Waals surface area contributed by atoms with E-state index in [0.717, 1.165) is 0 Å². The first-order valence-corrected chi connectivity index (χ1v) is 8.62. The number of imidazole rings is 1. The lowest BCUT2D eigenvalue weighted by molar-refractivity contribution is -0.392. The molecule has 10 nitrogen and oxygen atoms in total. The van der Waals surface area contributed by atoms with Crippen molar-refractivity contribution in [3.05, 3.63) is 46.3 Å². The summed E-state index contributed by atoms with van der Waals surface area (Å²) in [5.41, 5.74) is 0.494. The summed E-state index contributed by atoms with van der Waals surface area (Å²) in [5, 5.41) is 10.9. The van der Waals surface area contributed by atoms with E-state index in [9.17, 15) is 19.7 Å². The number of furan rings is 1. The Balaban J connectivity index is 1.46. The molecule has 3 rings (SSSR count). The number of aryl methyl sites for hydroxylation is 1. The molecule has 1 fully saturated rings. The van der Waals surface area contributed by atoms with Gasteiger partial charge in [0.15, 0.2) is 5.82 Å². The molecular formula is C17H20N4O6. The number of piperidine rings is 1. The molecule has 0 saturated carbocycles. The highest BCUT2D eigenvalue weighted by Gasteiger charge is 2.29. The minimum atomic E-state index is -0.519. The van der Waals surface area contributed by atoms with E-state index >= 15 is 0 Å². The average molecular weight is 376 g/mol. The number of nitro groups is 1. The molecule has 144 valence electrons. The molecule has 1 amide bonds. The van der Waals surface area contributed by atoms with Crippen LogP contribution in [0.4, 0.5) is 5.82 Å². The molecule has 0 aliphatic carbocycles. The summed E-state index contributed by atoms with van der Waals surface area (Å²) in [6.07, 6.45) is 5.08. The molecule has 1 saturated heterocycles. The standard InChI is InChI=1S/C17H20N4O6/c1-12-18-10-15(21(24)25)20(12)7-9-27-17(23)13-2-5-19(6-3-13)16(22)14-4-8-26-11-14/h4,8,10-11,13H,2-3,5-7,9H2,1H3. The predicted octanol–water partition coefficient (Wildman–Crippen LogP) is 1.79. The van der Waals surface area contributed by atoms with Crippen molar-refractivity contribution < 1.29 is 23.7 Å². The van der Waals surface area contributed by atoms with E-state index in [1.165, 1.54) is 23.3 Å². The SMILES string of the molecule is Cc1ncc([N+](=O)[O-])n1CCOC(=O)C1CCN(C(=O)c2ccoc2)CC1. The van der Waals surface area contributed by atoms with Crippen molar-refractivity contribution in [3.63, 3.8) is 0 Å². The van der Waals surface area contributed by atoms with Gasteiger partial charge in [0.2, 0.25) is 0 Å². The van der Waals surface area contributed by atoms with Crippen LogP contribution in [0.25, 0.3) is 0 Å². The maximum absolute atomic E-state index is 12.2. The smallest absolute Gasteiger partial charge is 0.342 e. The first kappa shape index (κ1) is 18.6. The zero-order chi connectivity index (χ0) is 19.4. The fourth-order valence-electron chi connectivity index (χ4n) is 3.12. The van der Waals surface area contributed by atoms with Gasteiger partial charge in [-0.25, -0.2) is 9.55 Å². The van der Waals surface area contributed by atoms with Crippen LogP contribution in [0.3, 0.4) is 0 Å². The van der Waals surface area contributed by atoms with Crippen molar-refractivity contribution in [3.8, 4) is 0 Å². The summed E-state index contributed by atoms with van der Waals surface area (Å²) >= 11 is 0. The summed E-state index contributed by atoms with van der Waals surface area (Å²) in [4.78, 5) is 40.5. The van der Waals surface area contributed by atoms with Crippen molar-refractivity contribution in [2.24, 2.45) is 5.92 Å². The van der Waals surface area contributed by atoms with Crippen LogP contribution < -0.4 is 0 Å². The minimum Gasteiger partial charge on any atom is -0.472 e. The topological polar surface area (TPSA) is 121 Å². The zero-order valence-electron chi connectivity index (χ0n) is 14.9. The predicted molar refractivity (Wildman–Crippen MR) is 91.9 cm³/mol. The quantitative estimate of drug-likeness (QED) is 0.428. The maximum atomic E-state index is 12.2. The number of hydrogen-bond donors (Lipinski definition) is 0. The Kier molecular flexibility index (Phi) is 5.53. The van der Waals surface area contributed by atoms with Crippen molar-refractivity contribution >= 4 is 17.7 Å². The van der Waals surface area contributed by atoms with Crippen LogP contribution in [0.1, 0.15) is 29.0 Å². The van der Waals surface area contributed by atoms with E-state index < -0.39 is 4.92 Å². The molecule has 1 aliphatic heterocycles. The van der Waals surface area contributed by atoms with E-state index in [-0.39, 0.29) is 36.8 Å². The van der Waals surface area contributed by atoms with Crippen molar-refractivity contribution in [1.29, 1.82) is 0 Å². The number of amides is 1. The van der Waals surface area contributed by atoms with Crippen LogP contribution in [-0.2, 0) is 16.1 Å². The first-order chi connectivity index (χ1) is 13.0. The summed E-state index contributed by atoms with van der Waals surface area (Å²) in [6.45, 7) is 2.80. The van der Waals surface area contributed by atoms with Crippen LogP contribution in [0.15, 0.2) is 29.2 Å². The molecule has 0 radical (unpaired) electrons. The monoisotopic (exact) mass is 376 g/mol. The highest BCUT2D eigenvalue weighted by atomic mass is 16.6. The number of carbonyl (C=O) groups excluding carboxylic acids is 2. The molecule has 0 spiro atoms. The molecule has 3 heterocycles. The normalized spacial score (nSPS) is 14.9. The Morgan fingerprint density at radius 1 is 1.41 bits per heavy atom. The van der Waals surface area contributed by atoms with Gasteiger partial charge < -0.3 is 24.2 Å². The van der Waals surface area contributed by atoms with Gasteiger partial charge in [-0.3, -0.25) is 9.59 Å². The molecule has 10 heteroatoms. The Morgan fingerprint density at radius 3 is 2.78 bits per heavy atom. The van der Waals surface area contributed by atoms with Crippen molar-refractivity contribution in [2.75, 3.05) is 19.7 Å². The molecule has 2 aromatic rings. The van der Waals surface area contributed by atoms with Gasteiger partial charge in [0.25, 0.3) is 5.91 Å². The van der Waals surface area contributed by atoms with Gasteiger partial charge in [-0.15, -0.1) is 0 Å². The third-order valence-electron chi connectivity index (χ3n) is 4.66. The van der Waals surface area contributed by atoms with E-state index in [0.29, 0.717) is 37.3 Å². The summed E-state index contributed by atoms with van der Waals surface area (Å²) < 4.78 is 11.6. The van der Waals surface area contributed by atoms with Gasteiger partial charge in [-0.05, 0) is 23.8 Å².